The van der Waals surface area contributed by atoms with Crippen LogP contribution in [0.1, 0.15) is 6.92 Å². The Kier molecular flexibility index (Phi) is 5.58. The number of hydrogen-bond acceptors (Lipinski definition) is 3. The largest absolute Gasteiger partial charge is 0.394 e. The van der Waals surface area contributed by atoms with Gasteiger partial charge < -0.3 is 14.7 Å². The average Bonchev–Trinajstić information content (AvgIpc) is 1.87. The van der Waals surface area contributed by atoms with Crippen molar-refractivity contribution in [3.05, 3.63) is 0 Å². The molecule has 0 saturated carbocycles. The SMILES string of the molecule is CC(CO)OCCN(C)C. The first-order valence-corrected chi connectivity index (χ1v) is 3.54. The van der Waals surface area contributed by atoms with Crippen molar-refractivity contribution in [3.8, 4) is 0 Å². The van der Waals surface area contributed by atoms with Gasteiger partial charge in [-0.3, -0.25) is 0 Å². The Bertz CT molecular complexity index is 76.0. The summed E-state index contributed by atoms with van der Waals surface area (Å²) < 4.78 is 5.21. The van der Waals surface area contributed by atoms with Gasteiger partial charge in [0.1, 0.15) is 0 Å². The van der Waals surface area contributed by atoms with Crippen molar-refractivity contribution in [2.75, 3.05) is 33.9 Å². The highest BCUT2D eigenvalue weighted by atomic mass is 16.5. The quantitative estimate of drug-likeness (QED) is 0.591. The van der Waals surface area contributed by atoms with Gasteiger partial charge in [-0.05, 0) is 21.0 Å². The first-order valence-electron chi connectivity index (χ1n) is 3.54. The lowest BCUT2D eigenvalue weighted by atomic mass is 10.4. The Morgan fingerprint density at radius 1 is 1.50 bits per heavy atom. The molecular weight excluding hydrogens is 130 g/mol. The van der Waals surface area contributed by atoms with Gasteiger partial charge in [0.05, 0.1) is 19.3 Å². The summed E-state index contributed by atoms with van der Waals surface area (Å²) >= 11 is 0. The van der Waals surface area contributed by atoms with Crippen molar-refractivity contribution in [2.45, 2.75) is 13.0 Å². The zero-order chi connectivity index (χ0) is 7.98. The highest BCUT2D eigenvalue weighted by Crippen LogP contribution is 1.87. The van der Waals surface area contributed by atoms with E-state index in [1.165, 1.54) is 0 Å². The molecule has 1 N–H and O–H groups in total. The summed E-state index contributed by atoms with van der Waals surface area (Å²) in [7, 11) is 3.99. The number of hydrogen-bond donors (Lipinski definition) is 1. The van der Waals surface area contributed by atoms with Crippen LogP contribution < -0.4 is 0 Å². The number of rotatable bonds is 5. The van der Waals surface area contributed by atoms with Gasteiger partial charge >= 0.3 is 0 Å². The topological polar surface area (TPSA) is 32.7 Å². The standard InChI is InChI=1S/C7H17NO2/c1-7(6-9)10-5-4-8(2)3/h7,9H,4-6H2,1-3H3. The van der Waals surface area contributed by atoms with Crippen molar-refractivity contribution in [3.63, 3.8) is 0 Å². The second kappa shape index (κ2) is 5.65. The Morgan fingerprint density at radius 2 is 2.10 bits per heavy atom. The zero-order valence-corrected chi connectivity index (χ0v) is 7.00. The van der Waals surface area contributed by atoms with Gasteiger partial charge in [0, 0.05) is 6.54 Å². The van der Waals surface area contributed by atoms with Crippen LogP contribution in [0.3, 0.4) is 0 Å². The van der Waals surface area contributed by atoms with Crippen molar-refractivity contribution >= 4 is 0 Å². The maximum atomic E-state index is 8.56. The van der Waals surface area contributed by atoms with Gasteiger partial charge in [-0.25, -0.2) is 0 Å². The maximum Gasteiger partial charge on any atom is 0.0778 e. The molecule has 0 spiro atoms. The molecule has 0 rings (SSSR count). The van der Waals surface area contributed by atoms with Crippen LogP contribution in [0.15, 0.2) is 0 Å². The number of aliphatic hydroxyl groups is 1. The molecule has 0 aromatic heterocycles. The van der Waals surface area contributed by atoms with E-state index in [1.54, 1.807) is 0 Å². The van der Waals surface area contributed by atoms with Crippen molar-refractivity contribution in [1.82, 2.24) is 4.90 Å². The minimum Gasteiger partial charge on any atom is -0.394 e. The predicted molar refractivity (Wildman–Crippen MR) is 41.1 cm³/mol. The van der Waals surface area contributed by atoms with Crippen molar-refractivity contribution < 1.29 is 9.84 Å². The molecule has 0 aliphatic rings. The summed E-state index contributed by atoms with van der Waals surface area (Å²) in [6.07, 6.45) is -0.0278. The molecule has 62 valence electrons. The monoisotopic (exact) mass is 147 g/mol. The third-order valence-electron chi connectivity index (χ3n) is 1.20. The van der Waals surface area contributed by atoms with E-state index in [-0.39, 0.29) is 12.7 Å². The molecule has 0 aliphatic heterocycles. The molecule has 0 bridgehead atoms. The Hall–Kier alpha value is -0.120. The minimum absolute atomic E-state index is 0.0278. The van der Waals surface area contributed by atoms with E-state index < -0.39 is 0 Å². The maximum absolute atomic E-state index is 8.56. The van der Waals surface area contributed by atoms with E-state index in [4.69, 9.17) is 9.84 Å². The normalized spacial score (nSPS) is 14.1. The third-order valence-corrected chi connectivity index (χ3v) is 1.20. The lowest BCUT2D eigenvalue weighted by molar-refractivity contribution is 0.0187. The molecule has 1 unspecified atom stereocenters. The van der Waals surface area contributed by atoms with Crippen LogP contribution in [-0.4, -0.2) is 50.0 Å². The molecule has 0 aliphatic carbocycles. The molecule has 3 nitrogen and oxygen atoms in total. The molecule has 0 radical (unpaired) electrons. The fourth-order valence-electron chi connectivity index (χ4n) is 0.489. The summed E-state index contributed by atoms with van der Waals surface area (Å²) in [5.74, 6) is 0. The highest BCUT2D eigenvalue weighted by molar-refractivity contribution is 4.46. The van der Waals surface area contributed by atoms with Gasteiger partial charge in [-0.15, -0.1) is 0 Å². The van der Waals surface area contributed by atoms with E-state index in [0.29, 0.717) is 6.61 Å². The fourth-order valence-corrected chi connectivity index (χ4v) is 0.489. The molecular formula is C7H17NO2. The van der Waals surface area contributed by atoms with Crippen LogP contribution in [0.25, 0.3) is 0 Å². The molecule has 0 aromatic carbocycles. The number of aliphatic hydroxyl groups excluding tert-OH is 1. The number of likely N-dealkylation sites (N-methyl/N-ethyl adjacent to an activating group) is 1. The van der Waals surface area contributed by atoms with Crippen LogP contribution in [-0.2, 0) is 4.74 Å². The van der Waals surface area contributed by atoms with E-state index in [2.05, 4.69) is 0 Å². The Labute approximate surface area is 62.6 Å². The molecule has 3 heteroatoms. The van der Waals surface area contributed by atoms with E-state index in [1.807, 2.05) is 25.9 Å². The summed E-state index contributed by atoms with van der Waals surface area (Å²) in [5.41, 5.74) is 0. The summed E-state index contributed by atoms with van der Waals surface area (Å²) in [4.78, 5) is 2.05. The summed E-state index contributed by atoms with van der Waals surface area (Å²) in [6.45, 7) is 3.56. The van der Waals surface area contributed by atoms with Crippen LogP contribution in [0.4, 0.5) is 0 Å². The van der Waals surface area contributed by atoms with Gasteiger partial charge in [-0.2, -0.15) is 0 Å². The van der Waals surface area contributed by atoms with Crippen LogP contribution in [0, 0.1) is 0 Å². The smallest absolute Gasteiger partial charge is 0.0778 e. The van der Waals surface area contributed by atoms with Crippen LogP contribution in [0.5, 0.6) is 0 Å². The average molecular weight is 147 g/mol. The van der Waals surface area contributed by atoms with Crippen LogP contribution >= 0.6 is 0 Å². The highest BCUT2D eigenvalue weighted by Gasteiger charge is 1.98. The summed E-state index contributed by atoms with van der Waals surface area (Å²) in [5, 5.41) is 8.56. The molecule has 0 amide bonds. The van der Waals surface area contributed by atoms with Gasteiger partial charge in [0.2, 0.25) is 0 Å². The molecule has 0 heterocycles. The van der Waals surface area contributed by atoms with E-state index in [9.17, 15) is 0 Å². The fraction of sp³-hybridized carbons (Fsp3) is 1.00. The van der Waals surface area contributed by atoms with Crippen LogP contribution in [0.2, 0.25) is 0 Å². The molecule has 0 aromatic rings. The zero-order valence-electron chi connectivity index (χ0n) is 7.00. The third kappa shape index (κ3) is 6.01. The van der Waals surface area contributed by atoms with E-state index in [0.717, 1.165) is 6.54 Å². The lowest BCUT2D eigenvalue weighted by Crippen LogP contribution is -2.22. The second-order valence-corrected chi connectivity index (χ2v) is 2.67. The lowest BCUT2D eigenvalue weighted by Gasteiger charge is -2.12. The van der Waals surface area contributed by atoms with Gasteiger partial charge in [0.15, 0.2) is 0 Å². The Morgan fingerprint density at radius 3 is 2.50 bits per heavy atom. The summed E-state index contributed by atoms with van der Waals surface area (Å²) in [6, 6.07) is 0. The van der Waals surface area contributed by atoms with Crippen molar-refractivity contribution in [1.29, 1.82) is 0 Å². The first kappa shape index (κ1) is 9.88. The Balaban J connectivity index is 3.03. The number of ether oxygens (including phenoxy) is 1. The minimum atomic E-state index is -0.0278. The molecule has 0 fully saturated rings. The molecule has 10 heavy (non-hydrogen) atoms. The van der Waals surface area contributed by atoms with E-state index >= 15 is 0 Å². The van der Waals surface area contributed by atoms with Gasteiger partial charge in [-0.1, -0.05) is 0 Å². The predicted octanol–water partition coefficient (Wildman–Crippen LogP) is -0.0546. The van der Waals surface area contributed by atoms with Crippen molar-refractivity contribution in [2.24, 2.45) is 0 Å². The molecule has 0 saturated heterocycles. The number of nitrogens with zero attached hydrogens (tertiary/aromatic N) is 1. The van der Waals surface area contributed by atoms with Gasteiger partial charge in [0.25, 0.3) is 0 Å². The second-order valence-electron chi connectivity index (χ2n) is 2.67. The molecule has 1 atom stereocenters. The first-order chi connectivity index (χ1) is 4.66.